The Morgan fingerprint density at radius 3 is 1.12 bits per heavy atom. The van der Waals surface area contributed by atoms with Gasteiger partial charge in [-0.25, -0.2) is 0 Å². The number of allylic oxidation sites excluding steroid dienone is 4. The van der Waals surface area contributed by atoms with Crippen LogP contribution in [0, 0.1) is 52.9 Å². The largest absolute Gasteiger partial charge is 0.0757 e. The predicted octanol–water partition coefficient (Wildman–Crippen LogP) is 9.03. The summed E-state index contributed by atoms with van der Waals surface area (Å²) >= 11 is 0. The highest BCUT2D eigenvalue weighted by atomic mass is 14.5. The smallest absolute Gasteiger partial charge is 0.0551 e. The van der Waals surface area contributed by atoms with Gasteiger partial charge in [0.25, 0.3) is 0 Å². The zero-order chi connectivity index (χ0) is 24.8. The molecule has 4 rings (SSSR count). The topological polar surface area (TPSA) is 0 Å². The molecule has 0 N–H and O–H groups in total. The van der Waals surface area contributed by atoms with Gasteiger partial charge in [0.05, 0.1) is 5.41 Å². The van der Waals surface area contributed by atoms with Crippen molar-refractivity contribution in [3.05, 3.63) is 128 Å². The second kappa shape index (κ2) is 8.73. The summed E-state index contributed by atoms with van der Waals surface area (Å²) in [7, 11) is 0. The first-order valence-corrected chi connectivity index (χ1v) is 12.6. The van der Waals surface area contributed by atoms with Crippen LogP contribution in [0.2, 0.25) is 0 Å². The van der Waals surface area contributed by atoms with Crippen molar-refractivity contribution in [1.29, 1.82) is 0 Å². The Bertz CT molecular complexity index is 1100. The molecule has 1 aliphatic rings. The molecule has 1 unspecified atom stereocenters. The van der Waals surface area contributed by atoms with E-state index in [9.17, 15) is 0 Å². The summed E-state index contributed by atoms with van der Waals surface area (Å²) in [6.07, 6.45) is 7.11. The lowest BCUT2D eigenvalue weighted by Crippen LogP contribution is -2.40. The van der Waals surface area contributed by atoms with Gasteiger partial charge in [0.1, 0.15) is 0 Å². The fourth-order valence-electron chi connectivity index (χ4n) is 6.22. The van der Waals surface area contributed by atoms with Gasteiger partial charge in [0.15, 0.2) is 0 Å². The van der Waals surface area contributed by atoms with Crippen LogP contribution in [0.1, 0.15) is 70.8 Å². The summed E-state index contributed by atoms with van der Waals surface area (Å²) < 4.78 is 0. The van der Waals surface area contributed by atoms with E-state index in [2.05, 4.69) is 135 Å². The van der Waals surface area contributed by atoms with E-state index in [1.165, 1.54) is 55.6 Å². The Morgan fingerprint density at radius 1 is 0.500 bits per heavy atom. The van der Waals surface area contributed by atoms with E-state index < -0.39 is 0 Å². The Kier molecular flexibility index (Phi) is 6.23. The molecular weight excluding hydrogens is 408 g/mol. The monoisotopic (exact) mass is 448 g/mol. The van der Waals surface area contributed by atoms with Gasteiger partial charge in [0.2, 0.25) is 0 Å². The fourth-order valence-corrected chi connectivity index (χ4v) is 6.22. The number of rotatable bonds is 4. The molecule has 0 saturated heterocycles. The average Bonchev–Trinajstić information content (AvgIpc) is 3.17. The number of benzene rings is 3. The molecule has 0 aliphatic heterocycles. The first kappa shape index (κ1) is 24.3. The van der Waals surface area contributed by atoms with Crippen molar-refractivity contribution in [2.45, 2.75) is 67.7 Å². The molecule has 0 heteroatoms. The normalized spacial score (nSPS) is 16.1. The van der Waals surface area contributed by atoms with E-state index in [-0.39, 0.29) is 16.7 Å². The molecular formula is C34H40. The summed E-state index contributed by atoms with van der Waals surface area (Å²) in [6.45, 7) is 20.5. The maximum absolute atomic E-state index is 2.45. The molecule has 0 saturated carbocycles. The average molecular weight is 449 g/mol. The van der Waals surface area contributed by atoms with Crippen LogP contribution in [-0.2, 0) is 5.41 Å². The van der Waals surface area contributed by atoms with Crippen LogP contribution in [0.3, 0.4) is 0 Å². The van der Waals surface area contributed by atoms with Crippen LogP contribution in [0.15, 0.2) is 78.4 Å². The fraction of sp³-hybridized carbons (Fsp3) is 0.353. The van der Waals surface area contributed by atoms with Gasteiger partial charge in [-0.1, -0.05) is 133 Å². The van der Waals surface area contributed by atoms with Gasteiger partial charge in [-0.05, 0) is 63.6 Å². The van der Waals surface area contributed by atoms with E-state index in [1.54, 1.807) is 0 Å². The third kappa shape index (κ3) is 4.31. The van der Waals surface area contributed by atoms with Crippen molar-refractivity contribution >= 4 is 0 Å². The Morgan fingerprint density at radius 2 is 0.824 bits per heavy atom. The van der Waals surface area contributed by atoms with E-state index in [0.717, 1.165) is 0 Å². The van der Waals surface area contributed by atoms with E-state index in [4.69, 9.17) is 0 Å². The quantitative estimate of drug-likeness (QED) is 0.349. The summed E-state index contributed by atoms with van der Waals surface area (Å²) in [6, 6.07) is 21.4. The van der Waals surface area contributed by atoms with Crippen molar-refractivity contribution in [2.75, 3.05) is 0 Å². The second-order valence-corrected chi connectivity index (χ2v) is 11.7. The summed E-state index contributed by atoms with van der Waals surface area (Å²) in [5.74, 6) is 0.232. The lowest BCUT2D eigenvalue weighted by Gasteiger charge is -2.45. The van der Waals surface area contributed by atoms with Crippen LogP contribution in [0.5, 0.6) is 0 Å². The maximum Gasteiger partial charge on any atom is 0.0551 e. The molecule has 0 spiro atoms. The van der Waals surface area contributed by atoms with Crippen molar-refractivity contribution in [3.63, 3.8) is 0 Å². The molecule has 0 radical (unpaired) electrons. The van der Waals surface area contributed by atoms with Crippen molar-refractivity contribution in [1.82, 2.24) is 0 Å². The highest BCUT2D eigenvalue weighted by molar-refractivity contribution is 5.60. The molecule has 0 bridgehead atoms. The van der Waals surface area contributed by atoms with Gasteiger partial charge in [0, 0.05) is 5.92 Å². The molecule has 3 aromatic carbocycles. The van der Waals surface area contributed by atoms with Crippen molar-refractivity contribution in [2.24, 2.45) is 11.3 Å². The standard InChI is InChI=1S/C34H40/c1-22-13-23(2)17-28(16-22)34(29-18-24(3)14-25(4)19-29,30-20-26(5)15-27(6)21-30)32-12-10-11-31(32)33(7,8)9/h10-21,32H,1-9H3. The second-order valence-electron chi connectivity index (χ2n) is 11.7. The van der Waals surface area contributed by atoms with Gasteiger partial charge in [-0.3, -0.25) is 0 Å². The number of hydrogen-bond donors (Lipinski definition) is 0. The highest BCUT2D eigenvalue weighted by Gasteiger charge is 2.47. The van der Waals surface area contributed by atoms with Gasteiger partial charge >= 0.3 is 0 Å². The minimum absolute atomic E-state index is 0.0655. The molecule has 1 atom stereocenters. The van der Waals surface area contributed by atoms with Gasteiger partial charge < -0.3 is 0 Å². The van der Waals surface area contributed by atoms with Gasteiger partial charge in [-0.2, -0.15) is 0 Å². The SMILES string of the molecule is Cc1cc(C)cc(C(c2cc(C)cc(C)c2)(c2cc(C)cc(C)c2)C2C=CC=C2C(C)(C)C)c1. The molecule has 1 aliphatic carbocycles. The van der Waals surface area contributed by atoms with Crippen LogP contribution in [-0.4, -0.2) is 0 Å². The third-order valence-corrected chi connectivity index (χ3v) is 7.28. The lowest BCUT2D eigenvalue weighted by molar-refractivity contribution is 0.396. The minimum Gasteiger partial charge on any atom is -0.0757 e. The Hall–Kier alpha value is -2.86. The van der Waals surface area contributed by atoms with E-state index in [0.29, 0.717) is 0 Å². The zero-order valence-electron chi connectivity index (χ0n) is 22.5. The first-order valence-electron chi connectivity index (χ1n) is 12.6. The minimum atomic E-state index is -0.323. The van der Waals surface area contributed by atoms with E-state index in [1.807, 2.05) is 0 Å². The van der Waals surface area contributed by atoms with Gasteiger partial charge in [-0.15, -0.1) is 0 Å². The Labute approximate surface area is 207 Å². The van der Waals surface area contributed by atoms with Crippen LogP contribution in [0.4, 0.5) is 0 Å². The van der Waals surface area contributed by atoms with Crippen molar-refractivity contribution < 1.29 is 0 Å². The molecule has 0 aromatic heterocycles. The molecule has 0 amide bonds. The third-order valence-electron chi connectivity index (χ3n) is 7.28. The molecule has 34 heavy (non-hydrogen) atoms. The van der Waals surface area contributed by atoms with Crippen LogP contribution >= 0.6 is 0 Å². The predicted molar refractivity (Wildman–Crippen MR) is 148 cm³/mol. The number of hydrogen-bond acceptors (Lipinski definition) is 0. The number of aryl methyl sites for hydroxylation is 6. The molecule has 0 nitrogen and oxygen atoms in total. The van der Waals surface area contributed by atoms with Crippen LogP contribution < -0.4 is 0 Å². The summed E-state index contributed by atoms with van der Waals surface area (Å²) in [4.78, 5) is 0. The molecule has 176 valence electrons. The highest BCUT2D eigenvalue weighted by Crippen LogP contribution is 2.54. The maximum atomic E-state index is 2.45. The summed E-state index contributed by atoms with van der Waals surface area (Å²) in [5.41, 5.74) is 13.3. The first-order chi connectivity index (χ1) is 15.9. The lowest BCUT2D eigenvalue weighted by atomic mass is 9.57. The van der Waals surface area contributed by atoms with Crippen molar-refractivity contribution in [3.8, 4) is 0 Å². The zero-order valence-corrected chi connectivity index (χ0v) is 22.5. The summed E-state index contributed by atoms with van der Waals surface area (Å²) in [5, 5.41) is 0. The molecule has 0 fully saturated rings. The van der Waals surface area contributed by atoms with Crippen LogP contribution in [0.25, 0.3) is 0 Å². The Balaban J connectivity index is 2.22. The van der Waals surface area contributed by atoms with E-state index >= 15 is 0 Å². The molecule has 0 heterocycles. The molecule has 3 aromatic rings.